The lowest BCUT2D eigenvalue weighted by molar-refractivity contribution is 0.449. The monoisotopic (exact) mass is 194 g/mol. The first-order valence-corrected chi connectivity index (χ1v) is 4.59. The zero-order chi connectivity index (χ0) is 9.97. The van der Waals surface area contributed by atoms with Crippen molar-refractivity contribution in [3.8, 4) is 0 Å². The molecule has 0 bridgehead atoms. The van der Waals surface area contributed by atoms with Crippen LogP contribution in [0.25, 0.3) is 0 Å². The van der Waals surface area contributed by atoms with E-state index in [1.54, 1.807) is 0 Å². The Balaban J connectivity index is 1.68. The Morgan fingerprint density at radius 3 is 1.64 bits per heavy atom. The van der Waals surface area contributed by atoms with Crippen molar-refractivity contribution in [2.45, 2.75) is 0 Å². The zero-order valence-corrected chi connectivity index (χ0v) is 8.51. The van der Waals surface area contributed by atoms with Crippen molar-refractivity contribution in [2.75, 3.05) is 40.5 Å². The minimum atomic E-state index is 0.591. The van der Waals surface area contributed by atoms with Gasteiger partial charge in [0.15, 0.2) is 0 Å². The first kappa shape index (κ1) is 9.11. The van der Waals surface area contributed by atoms with Crippen LogP contribution >= 0.6 is 0 Å². The number of hydrogen-bond donors (Lipinski definition) is 0. The van der Waals surface area contributed by atoms with Crippen LogP contribution in [0.5, 0.6) is 0 Å². The third-order valence-corrected chi connectivity index (χ3v) is 2.34. The minimum absolute atomic E-state index is 0.591. The molecule has 76 valence electrons. The third kappa shape index (κ3) is 1.73. The van der Waals surface area contributed by atoms with E-state index < -0.39 is 0 Å². The second-order valence-corrected chi connectivity index (χ2v) is 3.43. The van der Waals surface area contributed by atoms with Gasteiger partial charge in [0.05, 0.1) is 0 Å². The van der Waals surface area contributed by atoms with E-state index in [-0.39, 0.29) is 0 Å². The molecule has 0 saturated heterocycles. The Hall–Kier alpha value is -1.46. The molecule has 0 radical (unpaired) electrons. The SMILES string of the molecule is CN1CN=C1CN=NCC1=NCN1C. The summed E-state index contributed by atoms with van der Waals surface area (Å²) >= 11 is 0. The molecule has 0 aromatic heterocycles. The van der Waals surface area contributed by atoms with Crippen LogP contribution < -0.4 is 0 Å². The Morgan fingerprint density at radius 2 is 1.43 bits per heavy atom. The van der Waals surface area contributed by atoms with Crippen LogP contribution in [0, 0.1) is 0 Å². The quantitative estimate of drug-likeness (QED) is 0.593. The molecule has 0 spiro atoms. The molecule has 0 unspecified atom stereocenters. The fraction of sp³-hybridized carbons (Fsp3) is 0.750. The Labute approximate surface area is 83.0 Å². The number of hydrogen-bond acceptors (Lipinski definition) is 6. The summed E-state index contributed by atoms with van der Waals surface area (Å²) in [6, 6.07) is 0. The fourth-order valence-corrected chi connectivity index (χ4v) is 1.19. The van der Waals surface area contributed by atoms with Gasteiger partial charge in [0.1, 0.15) is 38.1 Å². The fourth-order valence-electron chi connectivity index (χ4n) is 1.19. The summed E-state index contributed by atoms with van der Waals surface area (Å²) in [5.41, 5.74) is 0. The molecule has 14 heavy (non-hydrogen) atoms. The molecule has 6 heteroatoms. The van der Waals surface area contributed by atoms with Crippen LogP contribution in [-0.4, -0.2) is 62.0 Å². The average Bonchev–Trinajstić information content (AvgIpc) is 2.18. The largest absolute Gasteiger partial charge is 0.342 e. The molecular formula is C8H14N6. The molecule has 0 fully saturated rings. The highest BCUT2D eigenvalue weighted by molar-refractivity contribution is 5.88. The van der Waals surface area contributed by atoms with Crippen molar-refractivity contribution >= 4 is 11.7 Å². The first-order valence-electron chi connectivity index (χ1n) is 4.59. The van der Waals surface area contributed by atoms with Gasteiger partial charge in [0.2, 0.25) is 0 Å². The molecule has 0 N–H and O–H groups in total. The van der Waals surface area contributed by atoms with Gasteiger partial charge in [-0.25, -0.2) is 9.98 Å². The van der Waals surface area contributed by atoms with Crippen LogP contribution in [0.4, 0.5) is 0 Å². The molecule has 2 aliphatic heterocycles. The van der Waals surface area contributed by atoms with Crippen molar-refractivity contribution in [3.63, 3.8) is 0 Å². The van der Waals surface area contributed by atoms with Gasteiger partial charge in [0, 0.05) is 14.1 Å². The molecule has 0 aromatic rings. The van der Waals surface area contributed by atoms with E-state index in [0.717, 1.165) is 25.0 Å². The summed E-state index contributed by atoms with van der Waals surface area (Å²) in [5, 5.41) is 8.09. The highest BCUT2D eigenvalue weighted by atomic mass is 15.3. The van der Waals surface area contributed by atoms with Gasteiger partial charge in [-0.2, -0.15) is 10.2 Å². The van der Waals surface area contributed by atoms with Crippen molar-refractivity contribution in [1.82, 2.24) is 9.80 Å². The van der Waals surface area contributed by atoms with Crippen LogP contribution in [0.3, 0.4) is 0 Å². The molecule has 0 saturated carbocycles. The predicted molar refractivity (Wildman–Crippen MR) is 54.7 cm³/mol. The van der Waals surface area contributed by atoms with Crippen LogP contribution in [0.2, 0.25) is 0 Å². The number of nitrogens with zero attached hydrogens (tertiary/aromatic N) is 6. The normalized spacial score (nSPS) is 20.4. The van der Waals surface area contributed by atoms with Gasteiger partial charge in [0.25, 0.3) is 0 Å². The summed E-state index contributed by atoms with van der Waals surface area (Å²) in [6.07, 6.45) is 0. The number of aliphatic imine (C=N–C) groups is 2. The van der Waals surface area contributed by atoms with Gasteiger partial charge in [-0.15, -0.1) is 0 Å². The number of likely N-dealkylation sites (N-methyl/N-ethyl adjacent to an activating group) is 2. The van der Waals surface area contributed by atoms with Crippen molar-refractivity contribution in [2.24, 2.45) is 20.2 Å². The maximum absolute atomic E-state index is 4.16. The topological polar surface area (TPSA) is 55.9 Å². The van der Waals surface area contributed by atoms with E-state index in [2.05, 4.69) is 30.0 Å². The molecular weight excluding hydrogens is 180 g/mol. The zero-order valence-electron chi connectivity index (χ0n) is 8.51. The summed E-state index contributed by atoms with van der Waals surface area (Å²) in [4.78, 5) is 12.5. The van der Waals surface area contributed by atoms with E-state index in [1.165, 1.54) is 0 Å². The lowest BCUT2D eigenvalue weighted by atomic mass is 10.4. The average molecular weight is 194 g/mol. The summed E-state index contributed by atoms with van der Waals surface area (Å²) < 4.78 is 0. The predicted octanol–water partition coefficient (Wildman–Crippen LogP) is 0.0414. The van der Waals surface area contributed by atoms with Crippen molar-refractivity contribution < 1.29 is 0 Å². The smallest absolute Gasteiger partial charge is 0.126 e. The highest BCUT2D eigenvalue weighted by Crippen LogP contribution is 2.03. The number of azo groups is 1. The first-order chi connectivity index (χ1) is 6.77. The summed E-state index contributed by atoms with van der Waals surface area (Å²) in [6.45, 7) is 2.77. The second kappa shape index (κ2) is 3.73. The van der Waals surface area contributed by atoms with Gasteiger partial charge in [-0.1, -0.05) is 0 Å². The van der Waals surface area contributed by atoms with E-state index in [0.29, 0.717) is 13.1 Å². The maximum Gasteiger partial charge on any atom is 0.126 e. The number of rotatable bonds is 4. The Morgan fingerprint density at radius 1 is 1.00 bits per heavy atom. The molecule has 2 heterocycles. The summed E-state index contributed by atoms with van der Waals surface area (Å²) in [5.74, 6) is 2.02. The molecule has 6 nitrogen and oxygen atoms in total. The van der Waals surface area contributed by atoms with Gasteiger partial charge >= 0.3 is 0 Å². The lowest BCUT2D eigenvalue weighted by Gasteiger charge is -2.27. The van der Waals surface area contributed by atoms with Crippen molar-refractivity contribution in [3.05, 3.63) is 0 Å². The van der Waals surface area contributed by atoms with E-state index >= 15 is 0 Å². The van der Waals surface area contributed by atoms with E-state index in [4.69, 9.17) is 0 Å². The van der Waals surface area contributed by atoms with Gasteiger partial charge < -0.3 is 9.80 Å². The molecule has 0 atom stereocenters. The van der Waals surface area contributed by atoms with Crippen LogP contribution in [-0.2, 0) is 0 Å². The third-order valence-electron chi connectivity index (χ3n) is 2.34. The molecule has 0 aliphatic carbocycles. The standard InChI is InChI=1S/C8H14N6/c1-13-5-9-7(13)3-11-12-4-8-10-6-14(8)2/h3-6H2,1-2H3. The molecule has 0 aromatic carbocycles. The highest BCUT2D eigenvalue weighted by Gasteiger charge is 2.14. The van der Waals surface area contributed by atoms with Crippen molar-refractivity contribution in [1.29, 1.82) is 0 Å². The maximum atomic E-state index is 4.16. The lowest BCUT2D eigenvalue weighted by Crippen LogP contribution is -2.39. The molecule has 0 amide bonds. The van der Waals surface area contributed by atoms with Crippen LogP contribution in [0.15, 0.2) is 20.2 Å². The Kier molecular flexibility index (Phi) is 2.43. The minimum Gasteiger partial charge on any atom is -0.342 e. The van der Waals surface area contributed by atoms with Gasteiger partial charge in [-0.3, -0.25) is 0 Å². The van der Waals surface area contributed by atoms with E-state index in [1.807, 2.05) is 14.1 Å². The number of amidine groups is 2. The Bertz CT molecular complexity index is 275. The second-order valence-electron chi connectivity index (χ2n) is 3.43. The van der Waals surface area contributed by atoms with E-state index in [9.17, 15) is 0 Å². The molecule has 2 rings (SSSR count). The summed E-state index contributed by atoms with van der Waals surface area (Å²) in [7, 11) is 4.00. The molecule has 2 aliphatic rings. The van der Waals surface area contributed by atoms with Crippen LogP contribution in [0.1, 0.15) is 0 Å². The van der Waals surface area contributed by atoms with Gasteiger partial charge in [-0.05, 0) is 0 Å².